The van der Waals surface area contributed by atoms with Gasteiger partial charge in [-0.3, -0.25) is 19.7 Å². The van der Waals surface area contributed by atoms with E-state index in [9.17, 15) is 19.7 Å². The molecule has 2 amide bonds. The van der Waals surface area contributed by atoms with Gasteiger partial charge >= 0.3 is 0 Å². The fourth-order valence-corrected chi connectivity index (χ4v) is 5.31. The summed E-state index contributed by atoms with van der Waals surface area (Å²) in [6.07, 6.45) is 5.30. The summed E-state index contributed by atoms with van der Waals surface area (Å²) in [5.74, 6) is 0.0708. The highest BCUT2D eigenvalue weighted by Gasteiger charge is 2.67. The van der Waals surface area contributed by atoms with Crippen LogP contribution in [0.5, 0.6) is 0 Å². The smallest absolute Gasteiger partial charge is 0.274 e. The summed E-state index contributed by atoms with van der Waals surface area (Å²) >= 11 is 0. The van der Waals surface area contributed by atoms with Gasteiger partial charge in [-0.1, -0.05) is 12.2 Å². The number of benzene rings is 1. The lowest BCUT2D eigenvalue weighted by Gasteiger charge is -2.37. The van der Waals surface area contributed by atoms with Gasteiger partial charge in [-0.15, -0.1) is 0 Å². The van der Waals surface area contributed by atoms with Gasteiger partial charge in [0.15, 0.2) is 0 Å². The Balaban J connectivity index is 1.63. The molecule has 0 radical (unpaired) electrons. The van der Waals surface area contributed by atoms with Crippen molar-refractivity contribution in [3.8, 4) is 0 Å². The maximum absolute atomic E-state index is 13.1. The van der Waals surface area contributed by atoms with Gasteiger partial charge in [0.1, 0.15) is 5.69 Å². The maximum atomic E-state index is 13.1. The first-order valence-corrected chi connectivity index (χ1v) is 8.72. The van der Waals surface area contributed by atoms with Crippen LogP contribution in [0.3, 0.4) is 0 Å². The molecule has 2 bridgehead atoms. The number of nitrogens with zero attached hydrogens (tertiary/aromatic N) is 2. The molecule has 1 heterocycles. The molecule has 6 nitrogen and oxygen atoms in total. The lowest BCUT2D eigenvalue weighted by molar-refractivity contribution is -0.384. The largest absolute Gasteiger partial charge is 0.293 e. The molecule has 6 rings (SSSR count). The third kappa shape index (κ3) is 1.74. The lowest BCUT2D eigenvalue weighted by Crippen LogP contribution is -2.40. The van der Waals surface area contributed by atoms with Crippen molar-refractivity contribution in [2.45, 2.75) is 20.3 Å². The van der Waals surface area contributed by atoms with E-state index in [0.29, 0.717) is 11.8 Å². The summed E-state index contributed by atoms with van der Waals surface area (Å²) in [5, 5.41) is 11.5. The summed E-state index contributed by atoms with van der Waals surface area (Å²) in [6, 6.07) is 3.06. The molecular formula is C19H18N2O4. The Morgan fingerprint density at radius 2 is 1.52 bits per heavy atom. The van der Waals surface area contributed by atoms with E-state index in [-0.39, 0.29) is 46.9 Å². The van der Waals surface area contributed by atoms with E-state index >= 15 is 0 Å². The number of amides is 2. The monoisotopic (exact) mass is 338 g/mol. The van der Waals surface area contributed by atoms with Crippen LogP contribution in [-0.2, 0) is 9.59 Å². The van der Waals surface area contributed by atoms with Crippen LogP contribution in [0.15, 0.2) is 24.3 Å². The Kier molecular flexibility index (Phi) is 2.70. The summed E-state index contributed by atoms with van der Waals surface area (Å²) in [7, 11) is 0. The second kappa shape index (κ2) is 4.56. The van der Waals surface area contributed by atoms with Gasteiger partial charge in [0.05, 0.1) is 16.8 Å². The number of carbonyl (C=O) groups is 2. The van der Waals surface area contributed by atoms with E-state index in [4.69, 9.17) is 0 Å². The fourth-order valence-electron chi connectivity index (χ4n) is 5.31. The predicted octanol–water partition coefficient (Wildman–Crippen LogP) is 2.77. The fraction of sp³-hybridized carbons (Fsp3) is 0.474. The van der Waals surface area contributed by atoms with Crippen LogP contribution in [0.25, 0.3) is 0 Å². The lowest BCUT2D eigenvalue weighted by atomic mass is 9.63. The minimum absolute atomic E-state index is 0.118. The molecule has 5 aliphatic rings. The molecule has 128 valence electrons. The molecule has 1 aromatic rings. The molecule has 4 aliphatic carbocycles. The number of nitro benzene ring substituents is 1. The minimum atomic E-state index is -0.505. The molecule has 0 spiro atoms. The Morgan fingerprint density at radius 3 is 2.04 bits per heavy atom. The third-order valence-corrected chi connectivity index (χ3v) is 6.69. The Labute approximate surface area is 144 Å². The highest BCUT2D eigenvalue weighted by molar-refractivity contribution is 6.23. The number of rotatable bonds is 2. The SMILES string of the molecule is Cc1cc(N2C(=O)[C@@H]3[C@H]4C=C[C@H]([C@H]5C[C@H]45)[C@@H]3C2=O)c([N+](=O)[O-])cc1C. The van der Waals surface area contributed by atoms with Crippen molar-refractivity contribution in [1.29, 1.82) is 0 Å². The van der Waals surface area contributed by atoms with E-state index in [1.54, 1.807) is 13.0 Å². The summed E-state index contributed by atoms with van der Waals surface area (Å²) < 4.78 is 0. The highest BCUT2D eigenvalue weighted by Crippen LogP contribution is 2.65. The molecule has 2 saturated carbocycles. The molecular weight excluding hydrogens is 320 g/mol. The standard InChI is InChI=1S/C19H18N2O4/c1-8-5-14(15(21(24)25)6-9(8)2)20-18(22)16-10-3-4-11(13-7-12(10)13)17(16)19(20)23/h3-6,10-13,16-17H,7H2,1-2H3/t10-,11+,12-,13-,16+,17-/m1/s1. The van der Waals surface area contributed by atoms with Crippen LogP contribution in [0.1, 0.15) is 17.5 Å². The van der Waals surface area contributed by atoms with Gasteiger partial charge in [0, 0.05) is 6.07 Å². The predicted molar refractivity (Wildman–Crippen MR) is 89.8 cm³/mol. The molecule has 6 heteroatoms. The van der Waals surface area contributed by atoms with Crippen molar-refractivity contribution in [3.05, 3.63) is 45.5 Å². The second-order valence-electron chi connectivity index (χ2n) is 7.85. The van der Waals surface area contributed by atoms with E-state index < -0.39 is 4.92 Å². The number of hydrogen-bond acceptors (Lipinski definition) is 4. The number of aryl methyl sites for hydroxylation is 2. The number of nitro groups is 1. The van der Waals surface area contributed by atoms with Gasteiger partial charge in [-0.2, -0.15) is 0 Å². The first-order chi connectivity index (χ1) is 11.9. The number of imide groups is 1. The second-order valence-corrected chi connectivity index (χ2v) is 7.85. The Hall–Kier alpha value is -2.50. The Morgan fingerprint density at radius 1 is 1.00 bits per heavy atom. The third-order valence-electron chi connectivity index (χ3n) is 6.69. The van der Waals surface area contributed by atoms with E-state index in [0.717, 1.165) is 22.4 Å². The molecule has 1 aromatic carbocycles. The van der Waals surface area contributed by atoms with Gasteiger partial charge in [-0.25, -0.2) is 4.90 Å². The van der Waals surface area contributed by atoms with Gasteiger partial charge in [0.25, 0.3) is 5.69 Å². The molecule has 6 atom stereocenters. The zero-order valence-electron chi connectivity index (χ0n) is 14.0. The van der Waals surface area contributed by atoms with Gasteiger partial charge < -0.3 is 0 Å². The minimum Gasteiger partial charge on any atom is -0.274 e. The van der Waals surface area contributed by atoms with Crippen LogP contribution in [0.2, 0.25) is 0 Å². The zero-order valence-corrected chi connectivity index (χ0v) is 14.0. The average Bonchev–Trinajstić information content (AvgIpc) is 3.34. The first-order valence-electron chi connectivity index (χ1n) is 8.72. The first kappa shape index (κ1) is 14.8. The van der Waals surface area contributed by atoms with Crippen molar-refractivity contribution in [3.63, 3.8) is 0 Å². The van der Waals surface area contributed by atoms with Crippen molar-refractivity contribution in [2.75, 3.05) is 4.90 Å². The van der Waals surface area contributed by atoms with Crippen LogP contribution < -0.4 is 4.90 Å². The molecule has 0 N–H and O–H groups in total. The van der Waals surface area contributed by atoms with Gasteiger partial charge in [0.2, 0.25) is 11.8 Å². The van der Waals surface area contributed by atoms with Gasteiger partial charge in [-0.05, 0) is 61.1 Å². The number of anilines is 1. The molecule has 25 heavy (non-hydrogen) atoms. The van der Waals surface area contributed by atoms with Crippen molar-refractivity contribution in [2.24, 2.45) is 35.5 Å². The number of carbonyl (C=O) groups excluding carboxylic acids is 2. The molecule has 1 saturated heterocycles. The molecule has 1 aliphatic heterocycles. The van der Waals surface area contributed by atoms with Crippen LogP contribution in [0.4, 0.5) is 11.4 Å². The van der Waals surface area contributed by atoms with E-state index in [1.807, 2.05) is 6.92 Å². The van der Waals surface area contributed by atoms with Crippen LogP contribution in [-0.4, -0.2) is 16.7 Å². The Bertz CT molecular complexity index is 854. The average molecular weight is 338 g/mol. The van der Waals surface area contributed by atoms with Crippen LogP contribution in [0, 0.1) is 59.5 Å². The molecule has 3 fully saturated rings. The van der Waals surface area contributed by atoms with Crippen molar-refractivity contribution >= 4 is 23.2 Å². The van der Waals surface area contributed by atoms with Crippen molar-refractivity contribution < 1.29 is 14.5 Å². The summed E-state index contributed by atoms with van der Waals surface area (Å²) in [6.45, 7) is 3.62. The molecule has 0 aromatic heterocycles. The zero-order chi connectivity index (χ0) is 17.6. The highest BCUT2D eigenvalue weighted by atomic mass is 16.6. The number of hydrogen-bond donors (Lipinski definition) is 0. The summed E-state index contributed by atoms with van der Waals surface area (Å²) in [5.41, 5.74) is 1.56. The summed E-state index contributed by atoms with van der Waals surface area (Å²) in [4.78, 5) is 38.4. The quantitative estimate of drug-likeness (QED) is 0.359. The van der Waals surface area contributed by atoms with Crippen molar-refractivity contribution in [1.82, 2.24) is 0 Å². The molecule has 0 unspecified atom stereocenters. The van der Waals surface area contributed by atoms with E-state index in [1.165, 1.54) is 6.07 Å². The maximum Gasteiger partial charge on any atom is 0.293 e. The number of allylic oxidation sites excluding steroid dienone is 2. The normalized spacial score (nSPS) is 37.3. The van der Waals surface area contributed by atoms with E-state index in [2.05, 4.69) is 12.2 Å². The van der Waals surface area contributed by atoms with Crippen LogP contribution >= 0.6 is 0 Å². The topological polar surface area (TPSA) is 80.5 Å².